The van der Waals surface area contributed by atoms with Gasteiger partial charge in [-0.15, -0.1) is 0 Å². The molecule has 0 bridgehead atoms. The van der Waals surface area contributed by atoms with Crippen molar-refractivity contribution in [3.8, 4) is 11.5 Å². The van der Waals surface area contributed by atoms with Crippen LogP contribution in [-0.4, -0.2) is 43.7 Å². The highest BCUT2D eigenvalue weighted by atomic mass is 16.5. The molecule has 0 radical (unpaired) electrons. The van der Waals surface area contributed by atoms with Crippen LogP contribution in [0.5, 0.6) is 11.5 Å². The lowest BCUT2D eigenvalue weighted by molar-refractivity contribution is -0.127. The SMILES string of the molecule is CC/C(=C\c1ccccc1)C(=O)N(C)CC(O)c1ccc(OC)c(OC)c1. The Labute approximate surface area is 160 Å². The molecule has 1 N–H and O–H groups in total. The van der Waals surface area contributed by atoms with E-state index in [1.165, 1.54) is 0 Å². The molecule has 2 aromatic rings. The highest BCUT2D eigenvalue weighted by molar-refractivity contribution is 5.97. The van der Waals surface area contributed by atoms with E-state index >= 15 is 0 Å². The predicted molar refractivity (Wildman–Crippen MR) is 107 cm³/mol. The van der Waals surface area contributed by atoms with Crippen molar-refractivity contribution in [1.29, 1.82) is 0 Å². The van der Waals surface area contributed by atoms with Crippen LogP contribution >= 0.6 is 0 Å². The van der Waals surface area contributed by atoms with E-state index in [1.54, 1.807) is 44.4 Å². The highest BCUT2D eigenvalue weighted by Gasteiger charge is 2.19. The Kier molecular flexibility index (Phi) is 7.44. The van der Waals surface area contributed by atoms with Gasteiger partial charge in [-0.1, -0.05) is 43.3 Å². The Balaban J connectivity index is 2.11. The van der Waals surface area contributed by atoms with Crippen LogP contribution in [0, 0.1) is 0 Å². The van der Waals surface area contributed by atoms with Crippen molar-refractivity contribution >= 4 is 12.0 Å². The number of aliphatic hydroxyl groups is 1. The number of amides is 1. The molecule has 27 heavy (non-hydrogen) atoms. The molecule has 1 amide bonds. The first-order valence-electron chi connectivity index (χ1n) is 8.91. The number of methoxy groups -OCH3 is 2. The van der Waals surface area contributed by atoms with Gasteiger partial charge in [0.25, 0.3) is 0 Å². The molecule has 0 aliphatic rings. The second kappa shape index (κ2) is 9.78. The second-order valence-corrected chi connectivity index (χ2v) is 6.25. The molecule has 0 saturated heterocycles. The molecule has 0 heterocycles. The summed E-state index contributed by atoms with van der Waals surface area (Å²) >= 11 is 0. The normalized spacial score (nSPS) is 12.4. The molecule has 5 heteroatoms. The van der Waals surface area contributed by atoms with Crippen molar-refractivity contribution in [2.75, 3.05) is 27.8 Å². The van der Waals surface area contributed by atoms with E-state index in [2.05, 4.69) is 0 Å². The van der Waals surface area contributed by atoms with Gasteiger partial charge in [0.1, 0.15) is 0 Å². The predicted octanol–water partition coefficient (Wildman–Crippen LogP) is 3.69. The zero-order chi connectivity index (χ0) is 19.8. The minimum atomic E-state index is -0.825. The Morgan fingerprint density at radius 1 is 1.11 bits per heavy atom. The fraction of sp³-hybridized carbons (Fsp3) is 0.318. The van der Waals surface area contributed by atoms with Gasteiger partial charge in [-0.3, -0.25) is 4.79 Å². The van der Waals surface area contributed by atoms with Crippen molar-refractivity contribution in [2.24, 2.45) is 0 Å². The lowest BCUT2D eigenvalue weighted by Crippen LogP contribution is -2.32. The average molecular weight is 369 g/mol. The summed E-state index contributed by atoms with van der Waals surface area (Å²) in [6.45, 7) is 2.13. The van der Waals surface area contributed by atoms with E-state index in [0.717, 1.165) is 5.56 Å². The molecule has 0 fully saturated rings. The number of carbonyl (C=O) groups is 1. The van der Waals surface area contributed by atoms with Crippen LogP contribution in [0.1, 0.15) is 30.6 Å². The molecular weight excluding hydrogens is 342 g/mol. The maximum absolute atomic E-state index is 12.8. The van der Waals surface area contributed by atoms with Gasteiger partial charge in [-0.2, -0.15) is 0 Å². The molecule has 0 aliphatic heterocycles. The monoisotopic (exact) mass is 369 g/mol. The van der Waals surface area contributed by atoms with Gasteiger partial charge in [-0.05, 0) is 35.8 Å². The van der Waals surface area contributed by atoms with Crippen LogP contribution in [0.2, 0.25) is 0 Å². The lowest BCUT2D eigenvalue weighted by Gasteiger charge is -2.23. The minimum Gasteiger partial charge on any atom is -0.493 e. The van der Waals surface area contributed by atoms with Crippen LogP contribution in [0.25, 0.3) is 6.08 Å². The van der Waals surface area contributed by atoms with E-state index < -0.39 is 6.10 Å². The molecule has 144 valence electrons. The number of nitrogens with zero attached hydrogens (tertiary/aromatic N) is 1. The zero-order valence-corrected chi connectivity index (χ0v) is 16.3. The van der Waals surface area contributed by atoms with E-state index in [-0.39, 0.29) is 12.5 Å². The van der Waals surface area contributed by atoms with Crippen molar-refractivity contribution in [1.82, 2.24) is 4.90 Å². The maximum atomic E-state index is 12.8. The van der Waals surface area contributed by atoms with Gasteiger partial charge in [0, 0.05) is 12.6 Å². The fourth-order valence-electron chi connectivity index (χ4n) is 2.82. The van der Waals surface area contributed by atoms with Gasteiger partial charge in [0.15, 0.2) is 11.5 Å². The summed E-state index contributed by atoms with van der Waals surface area (Å²) in [6.07, 6.45) is 1.68. The molecule has 1 atom stereocenters. The largest absolute Gasteiger partial charge is 0.493 e. The number of hydrogen-bond donors (Lipinski definition) is 1. The maximum Gasteiger partial charge on any atom is 0.249 e. The Morgan fingerprint density at radius 3 is 2.37 bits per heavy atom. The van der Waals surface area contributed by atoms with Crippen LogP contribution in [-0.2, 0) is 4.79 Å². The Morgan fingerprint density at radius 2 is 1.78 bits per heavy atom. The number of ether oxygens (including phenoxy) is 2. The lowest BCUT2D eigenvalue weighted by atomic mass is 10.1. The number of likely N-dealkylation sites (N-methyl/N-ethyl adjacent to an activating group) is 1. The molecule has 0 spiro atoms. The second-order valence-electron chi connectivity index (χ2n) is 6.25. The van der Waals surface area contributed by atoms with Crippen LogP contribution in [0.4, 0.5) is 0 Å². The van der Waals surface area contributed by atoms with Crippen LogP contribution in [0.3, 0.4) is 0 Å². The quantitative estimate of drug-likeness (QED) is 0.721. The molecule has 2 rings (SSSR count). The third-order valence-electron chi connectivity index (χ3n) is 4.38. The molecule has 1 unspecified atom stereocenters. The number of rotatable bonds is 8. The minimum absolute atomic E-state index is 0.0964. The number of carbonyl (C=O) groups excluding carboxylic acids is 1. The van der Waals surface area contributed by atoms with Gasteiger partial charge < -0.3 is 19.5 Å². The zero-order valence-electron chi connectivity index (χ0n) is 16.3. The van der Waals surface area contributed by atoms with E-state index in [4.69, 9.17) is 9.47 Å². The van der Waals surface area contributed by atoms with Crippen molar-refractivity contribution in [3.63, 3.8) is 0 Å². The van der Waals surface area contributed by atoms with Gasteiger partial charge in [-0.25, -0.2) is 0 Å². The third kappa shape index (κ3) is 5.34. The standard InChI is InChI=1S/C22H27NO4/c1-5-17(13-16-9-7-6-8-10-16)22(25)23(2)15-19(24)18-11-12-20(26-3)21(14-18)27-4/h6-14,19,24H,5,15H2,1-4H3/b17-13+. The van der Waals surface area contributed by atoms with Crippen LogP contribution < -0.4 is 9.47 Å². The fourth-order valence-corrected chi connectivity index (χ4v) is 2.82. The topological polar surface area (TPSA) is 59.0 Å². The van der Waals surface area contributed by atoms with Crippen molar-refractivity contribution in [2.45, 2.75) is 19.4 Å². The molecule has 2 aromatic carbocycles. The first-order valence-corrected chi connectivity index (χ1v) is 8.91. The average Bonchev–Trinajstić information content (AvgIpc) is 2.71. The first-order chi connectivity index (χ1) is 13.0. The number of aliphatic hydroxyl groups excluding tert-OH is 1. The molecule has 0 saturated carbocycles. The molecule has 5 nitrogen and oxygen atoms in total. The van der Waals surface area contributed by atoms with Crippen molar-refractivity contribution < 1.29 is 19.4 Å². The number of benzene rings is 2. The Bertz CT molecular complexity index is 786. The summed E-state index contributed by atoms with van der Waals surface area (Å²) in [5, 5.41) is 10.6. The summed E-state index contributed by atoms with van der Waals surface area (Å²) in [5.41, 5.74) is 2.34. The molecule has 0 aromatic heterocycles. The Hall–Kier alpha value is -2.79. The molecule has 0 aliphatic carbocycles. The first kappa shape index (κ1) is 20.5. The van der Waals surface area contributed by atoms with Crippen LogP contribution in [0.15, 0.2) is 54.1 Å². The van der Waals surface area contributed by atoms with E-state index in [9.17, 15) is 9.90 Å². The summed E-state index contributed by atoms with van der Waals surface area (Å²) in [4.78, 5) is 14.3. The summed E-state index contributed by atoms with van der Waals surface area (Å²) in [7, 11) is 4.80. The van der Waals surface area contributed by atoms with Gasteiger partial charge in [0.2, 0.25) is 5.91 Å². The smallest absolute Gasteiger partial charge is 0.249 e. The van der Waals surface area contributed by atoms with Crippen molar-refractivity contribution in [3.05, 3.63) is 65.2 Å². The van der Waals surface area contributed by atoms with E-state index in [1.807, 2.05) is 43.3 Å². The summed E-state index contributed by atoms with van der Waals surface area (Å²) in [6, 6.07) is 15.0. The van der Waals surface area contributed by atoms with E-state index in [0.29, 0.717) is 29.1 Å². The number of hydrogen-bond acceptors (Lipinski definition) is 4. The summed E-state index contributed by atoms with van der Waals surface area (Å²) < 4.78 is 10.5. The molecular formula is C22H27NO4. The third-order valence-corrected chi connectivity index (χ3v) is 4.38. The highest BCUT2D eigenvalue weighted by Crippen LogP contribution is 2.30. The van der Waals surface area contributed by atoms with Gasteiger partial charge >= 0.3 is 0 Å². The summed E-state index contributed by atoms with van der Waals surface area (Å²) in [5.74, 6) is 1.04. The van der Waals surface area contributed by atoms with Gasteiger partial charge in [0.05, 0.1) is 26.9 Å².